The van der Waals surface area contributed by atoms with Gasteiger partial charge in [-0.2, -0.15) is 0 Å². The Labute approximate surface area is 111 Å². The molecule has 4 heteroatoms. The Balaban J connectivity index is 2.00. The van der Waals surface area contributed by atoms with Gasteiger partial charge in [0.25, 0.3) is 0 Å². The van der Waals surface area contributed by atoms with Gasteiger partial charge in [-0.3, -0.25) is 0 Å². The summed E-state index contributed by atoms with van der Waals surface area (Å²) >= 11 is 5.85. The molecule has 0 aliphatic rings. The van der Waals surface area contributed by atoms with Crippen LogP contribution in [0.1, 0.15) is 11.6 Å². The van der Waals surface area contributed by atoms with Crippen LogP contribution in [0.25, 0.3) is 0 Å². The molecule has 0 fully saturated rings. The topological polar surface area (TPSA) is 55.5 Å². The number of phenolic OH excluding ortho intramolecular Hbond substituents is 1. The Morgan fingerprint density at radius 1 is 1.17 bits per heavy atom. The summed E-state index contributed by atoms with van der Waals surface area (Å²) in [6.07, 6.45) is 0. The molecule has 0 saturated heterocycles. The highest BCUT2D eigenvalue weighted by Gasteiger charge is 2.10. The number of benzene rings is 2. The maximum Gasteiger partial charge on any atom is 0.120 e. The van der Waals surface area contributed by atoms with E-state index in [9.17, 15) is 5.11 Å². The van der Waals surface area contributed by atoms with Gasteiger partial charge >= 0.3 is 0 Å². The van der Waals surface area contributed by atoms with Crippen molar-refractivity contribution in [2.75, 3.05) is 6.61 Å². The fourth-order valence-corrected chi connectivity index (χ4v) is 1.81. The maximum atomic E-state index is 9.67. The summed E-state index contributed by atoms with van der Waals surface area (Å²) in [4.78, 5) is 0. The number of nitrogens with two attached hydrogens (primary N) is 1. The third kappa shape index (κ3) is 3.15. The van der Waals surface area contributed by atoms with Crippen LogP contribution in [0.4, 0.5) is 0 Å². The molecule has 0 amide bonds. The van der Waals surface area contributed by atoms with Crippen molar-refractivity contribution in [3.05, 3.63) is 59.1 Å². The van der Waals surface area contributed by atoms with Crippen LogP contribution in [-0.2, 0) is 0 Å². The van der Waals surface area contributed by atoms with Crippen LogP contribution < -0.4 is 10.5 Å². The van der Waals surface area contributed by atoms with E-state index in [-0.39, 0.29) is 18.4 Å². The largest absolute Gasteiger partial charge is 0.508 e. The minimum absolute atomic E-state index is 0.180. The lowest BCUT2D eigenvalue weighted by atomic mass is 10.1. The fourth-order valence-electron chi connectivity index (χ4n) is 1.63. The normalized spacial score (nSPS) is 12.1. The van der Waals surface area contributed by atoms with Gasteiger partial charge in [0.1, 0.15) is 18.1 Å². The molecule has 0 aromatic heterocycles. The van der Waals surface area contributed by atoms with E-state index < -0.39 is 0 Å². The average Bonchev–Trinajstić information content (AvgIpc) is 2.37. The Kier molecular flexibility index (Phi) is 4.07. The molecule has 0 saturated carbocycles. The van der Waals surface area contributed by atoms with E-state index in [0.717, 1.165) is 0 Å². The number of para-hydroxylation sites is 1. The summed E-state index contributed by atoms with van der Waals surface area (Å²) in [6, 6.07) is 13.7. The molecule has 0 heterocycles. The second-order valence-electron chi connectivity index (χ2n) is 3.93. The molecule has 0 aliphatic carbocycles. The molecule has 0 spiro atoms. The summed E-state index contributed by atoms with van der Waals surface area (Å²) in [7, 11) is 0. The molecule has 2 aromatic rings. The van der Waals surface area contributed by atoms with Gasteiger partial charge < -0.3 is 15.6 Å². The smallest absolute Gasteiger partial charge is 0.120 e. The number of ether oxygens (including phenoxy) is 1. The quantitative estimate of drug-likeness (QED) is 0.891. The lowest BCUT2D eigenvalue weighted by molar-refractivity contribution is 0.287. The van der Waals surface area contributed by atoms with Crippen molar-refractivity contribution in [1.29, 1.82) is 0 Å². The molecule has 0 aliphatic heterocycles. The van der Waals surface area contributed by atoms with E-state index in [0.29, 0.717) is 16.3 Å². The Hall–Kier alpha value is -1.71. The van der Waals surface area contributed by atoms with Crippen LogP contribution in [0.5, 0.6) is 11.5 Å². The van der Waals surface area contributed by atoms with E-state index in [4.69, 9.17) is 22.1 Å². The van der Waals surface area contributed by atoms with Gasteiger partial charge in [0.2, 0.25) is 0 Å². The Morgan fingerprint density at radius 3 is 2.67 bits per heavy atom. The van der Waals surface area contributed by atoms with Gasteiger partial charge in [0.15, 0.2) is 0 Å². The molecule has 1 unspecified atom stereocenters. The summed E-state index contributed by atoms with van der Waals surface area (Å²) in [5.74, 6) is 0.841. The number of hydrogen-bond acceptors (Lipinski definition) is 3. The van der Waals surface area contributed by atoms with E-state index in [1.807, 2.05) is 18.2 Å². The van der Waals surface area contributed by atoms with E-state index >= 15 is 0 Å². The second-order valence-corrected chi connectivity index (χ2v) is 4.37. The fraction of sp³-hybridized carbons (Fsp3) is 0.143. The van der Waals surface area contributed by atoms with Gasteiger partial charge in [0, 0.05) is 10.6 Å². The highest BCUT2D eigenvalue weighted by atomic mass is 35.5. The van der Waals surface area contributed by atoms with Gasteiger partial charge in [-0.05, 0) is 24.3 Å². The molecule has 0 bridgehead atoms. The summed E-state index contributed by atoms with van der Waals surface area (Å²) < 4.78 is 5.54. The third-order valence-corrected chi connectivity index (χ3v) is 2.80. The van der Waals surface area contributed by atoms with Crippen LogP contribution in [0.15, 0.2) is 48.5 Å². The van der Waals surface area contributed by atoms with E-state index in [1.165, 1.54) is 0 Å². The molecule has 3 N–H and O–H groups in total. The van der Waals surface area contributed by atoms with Crippen molar-refractivity contribution in [2.24, 2.45) is 5.73 Å². The number of halogens is 1. The molecular formula is C14H14ClNO2. The van der Waals surface area contributed by atoms with E-state index in [1.54, 1.807) is 30.3 Å². The first-order chi connectivity index (χ1) is 8.66. The van der Waals surface area contributed by atoms with E-state index in [2.05, 4.69) is 0 Å². The molecule has 2 aromatic carbocycles. The molecule has 0 radical (unpaired) electrons. The number of aromatic hydroxyl groups is 1. The molecule has 2 rings (SSSR count). The van der Waals surface area contributed by atoms with Crippen LogP contribution >= 0.6 is 11.6 Å². The highest BCUT2D eigenvalue weighted by molar-refractivity contribution is 6.30. The molecule has 1 atom stereocenters. The van der Waals surface area contributed by atoms with Crippen LogP contribution in [0.2, 0.25) is 5.02 Å². The minimum Gasteiger partial charge on any atom is -0.508 e. The monoisotopic (exact) mass is 263 g/mol. The molecule has 18 heavy (non-hydrogen) atoms. The summed E-state index contributed by atoms with van der Waals surface area (Å²) in [5, 5.41) is 10.3. The van der Waals surface area contributed by atoms with Crippen molar-refractivity contribution >= 4 is 11.6 Å². The zero-order valence-electron chi connectivity index (χ0n) is 9.71. The first-order valence-corrected chi connectivity index (χ1v) is 5.96. The number of rotatable bonds is 4. The highest BCUT2D eigenvalue weighted by Crippen LogP contribution is 2.23. The SMILES string of the molecule is NC(COc1cccc(Cl)c1)c1ccccc1O. The average molecular weight is 264 g/mol. The third-order valence-electron chi connectivity index (χ3n) is 2.56. The van der Waals surface area contributed by atoms with Gasteiger partial charge in [0.05, 0.1) is 6.04 Å². The number of hydrogen-bond donors (Lipinski definition) is 2. The van der Waals surface area contributed by atoms with Crippen molar-refractivity contribution in [3.63, 3.8) is 0 Å². The maximum absolute atomic E-state index is 9.67. The second kappa shape index (κ2) is 5.76. The summed E-state index contributed by atoms with van der Waals surface area (Å²) in [6.45, 7) is 0.276. The predicted molar refractivity (Wildman–Crippen MR) is 72.0 cm³/mol. The lowest BCUT2D eigenvalue weighted by Gasteiger charge is -2.14. The standard InChI is InChI=1S/C14H14ClNO2/c15-10-4-3-5-11(8-10)18-9-13(16)12-6-1-2-7-14(12)17/h1-8,13,17H,9,16H2. The van der Waals surface area contributed by atoms with Crippen LogP contribution in [-0.4, -0.2) is 11.7 Å². The predicted octanol–water partition coefficient (Wildman–Crippen LogP) is 3.12. The van der Waals surface area contributed by atoms with Crippen molar-refractivity contribution in [3.8, 4) is 11.5 Å². The van der Waals surface area contributed by atoms with Crippen LogP contribution in [0.3, 0.4) is 0 Å². The molecular weight excluding hydrogens is 250 g/mol. The first kappa shape index (κ1) is 12.7. The zero-order chi connectivity index (χ0) is 13.0. The minimum atomic E-state index is -0.384. The molecule has 3 nitrogen and oxygen atoms in total. The van der Waals surface area contributed by atoms with Crippen LogP contribution in [0, 0.1) is 0 Å². The van der Waals surface area contributed by atoms with Gasteiger partial charge in [-0.1, -0.05) is 35.9 Å². The lowest BCUT2D eigenvalue weighted by Crippen LogP contribution is -2.19. The number of phenols is 1. The van der Waals surface area contributed by atoms with Crippen molar-refractivity contribution in [2.45, 2.75) is 6.04 Å². The molecule has 94 valence electrons. The van der Waals surface area contributed by atoms with Crippen molar-refractivity contribution in [1.82, 2.24) is 0 Å². The van der Waals surface area contributed by atoms with Gasteiger partial charge in [-0.25, -0.2) is 0 Å². The Morgan fingerprint density at radius 2 is 1.94 bits per heavy atom. The first-order valence-electron chi connectivity index (χ1n) is 5.58. The summed E-state index contributed by atoms with van der Waals surface area (Å²) in [5.41, 5.74) is 6.63. The Bertz CT molecular complexity index is 531. The van der Waals surface area contributed by atoms with Gasteiger partial charge in [-0.15, -0.1) is 0 Å². The van der Waals surface area contributed by atoms with Crippen molar-refractivity contribution < 1.29 is 9.84 Å². The zero-order valence-corrected chi connectivity index (χ0v) is 10.5.